The van der Waals surface area contributed by atoms with Gasteiger partial charge in [-0.25, -0.2) is 0 Å². The zero-order chi connectivity index (χ0) is 15.5. The van der Waals surface area contributed by atoms with E-state index in [2.05, 4.69) is 0 Å². The van der Waals surface area contributed by atoms with Crippen molar-refractivity contribution in [2.45, 2.75) is 13.5 Å². The third-order valence-corrected chi connectivity index (χ3v) is 3.91. The molecule has 112 valence electrons. The predicted octanol–water partition coefficient (Wildman–Crippen LogP) is 4.58. The molecule has 0 spiro atoms. The number of nitrogens with zero attached hydrogens (tertiary/aromatic N) is 1. The van der Waals surface area contributed by atoms with Crippen molar-refractivity contribution in [3.63, 3.8) is 0 Å². The summed E-state index contributed by atoms with van der Waals surface area (Å²) in [5, 5.41) is 1.58. The number of ether oxygens (including phenoxy) is 1. The van der Waals surface area contributed by atoms with E-state index in [4.69, 9.17) is 16.3 Å². The Labute approximate surface area is 134 Å². The van der Waals surface area contributed by atoms with Crippen LogP contribution in [-0.4, -0.2) is 17.0 Å². The Balaban J connectivity index is 1.80. The first-order chi connectivity index (χ1) is 10.7. The minimum absolute atomic E-state index is 0.0713. The maximum atomic E-state index is 11.8. The third kappa shape index (κ3) is 2.85. The molecule has 1 heterocycles. The summed E-state index contributed by atoms with van der Waals surface area (Å²) in [6, 6.07) is 15.3. The van der Waals surface area contributed by atoms with E-state index in [1.807, 2.05) is 53.2 Å². The highest BCUT2D eigenvalue weighted by Crippen LogP contribution is 2.24. The molecule has 22 heavy (non-hydrogen) atoms. The fourth-order valence-corrected chi connectivity index (χ4v) is 2.72. The Kier molecular flexibility index (Phi) is 4.16. The molecule has 0 aliphatic rings. The number of aromatic nitrogens is 1. The van der Waals surface area contributed by atoms with Gasteiger partial charge < -0.3 is 9.30 Å². The van der Waals surface area contributed by atoms with Crippen LogP contribution >= 0.6 is 11.6 Å². The van der Waals surface area contributed by atoms with Crippen LogP contribution in [-0.2, 0) is 6.54 Å². The van der Waals surface area contributed by atoms with E-state index < -0.39 is 0 Å². The number of benzene rings is 2. The van der Waals surface area contributed by atoms with Crippen LogP contribution in [0, 0.1) is 0 Å². The van der Waals surface area contributed by atoms with Gasteiger partial charge in [-0.15, -0.1) is 0 Å². The van der Waals surface area contributed by atoms with Crippen molar-refractivity contribution < 1.29 is 9.53 Å². The van der Waals surface area contributed by atoms with E-state index in [0.717, 1.165) is 16.5 Å². The van der Waals surface area contributed by atoms with Crippen molar-refractivity contribution in [2.24, 2.45) is 0 Å². The summed E-state index contributed by atoms with van der Waals surface area (Å²) < 4.78 is 7.77. The van der Waals surface area contributed by atoms with Gasteiger partial charge >= 0.3 is 0 Å². The number of para-hydroxylation sites is 2. The molecule has 0 N–H and O–H groups in total. The Bertz CT molecular complexity index is 823. The summed E-state index contributed by atoms with van der Waals surface area (Å²) in [6.07, 6.45) is 1.89. The molecule has 0 amide bonds. The van der Waals surface area contributed by atoms with Gasteiger partial charge in [-0.05, 0) is 25.1 Å². The second kappa shape index (κ2) is 6.24. The Morgan fingerprint density at radius 1 is 1.14 bits per heavy atom. The molecule has 3 aromatic rings. The summed E-state index contributed by atoms with van der Waals surface area (Å²) >= 11 is 6.07. The van der Waals surface area contributed by atoms with E-state index in [-0.39, 0.29) is 5.78 Å². The van der Waals surface area contributed by atoms with Gasteiger partial charge in [0.25, 0.3) is 0 Å². The van der Waals surface area contributed by atoms with E-state index >= 15 is 0 Å². The highest BCUT2D eigenvalue weighted by molar-refractivity contribution is 6.32. The molecule has 0 atom stereocenters. The van der Waals surface area contributed by atoms with Crippen molar-refractivity contribution in [1.82, 2.24) is 4.57 Å². The molecule has 0 aliphatic carbocycles. The van der Waals surface area contributed by atoms with Crippen molar-refractivity contribution in [1.29, 1.82) is 0 Å². The van der Waals surface area contributed by atoms with Gasteiger partial charge in [0.05, 0.1) is 11.6 Å². The summed E-state index contributed by atoms with van der Waals surface area (Å²) in [5.41, 5.74) is 1.78. The quantitative estimate of drug-likeness (QED) is 0.646. The summed E-state index contributed by atoms with van der Waals surface area (Å²) in [4.78, 5) is 11.8. The molecule has 0 saturated carbocycles. The van der Waals surface area contributed by atoms with Gasteiger partial charge in [0.15, 0.2) is 5.78 Å². The standard InChI is InChI=1S/C18H16ClNO2/c1-13(21)15-12-20(17-8-4-2-6-14(15)17)10-11-22-18-9-5-3-7-16(18)19/h2-9,12H,10-11H2,1H3. The van der Waals surface area contributed by atoms with Crippen LogP contribution < -0.4 is 4.74 Å². The minimum atomic E-state index is 0.0713. The lowest BCUT2D eigenvalue weighted by molar-refractivity contribution is 0.101. The molecule has 0 unspecified atom stereocenters. The maximum Gasteiger partial charge on any atom is 0.161 e. The van der Waals surface area contributed by atoms with Crippen LogP contribution in [0.15, 0.2) is 54.7 Å². The number of Topliss-reactive ketones (excluding diaryl/α,β-unsaturated/α-hetero) is 1. The van der Waals surface area contributed by atoms with Crippen molar-refractivity contribution in [3.8, 4) is 5.75 Å². The van der Waals surface area contributed by atoms with E-state index in [1.165, 1.54) is 0 Å². The fourth-order valence-electron chi connectivity index (χ4n) is 2.53. The largest absolute Gasteiger partial charge is 0.490 e. The van der Waals surface area contributed by atoms with Gasteiger partial charge in [-0.1, -0.05) is 41.9 Å². The van der Waals surface area contributed by atoms with Gasteiger partial charge in [0.1, 0.15) is 12.4 Å². The van der Waals surface area contributed by atoms with Crippen molar-refractivity contribution in [2.75, 3.05) is 6.61 Å². The molecule has 0 saturated heterocycles. The molecule has 0 radical (unpaired) electrons. The molecular weight excluding hydrogens is 298 g/mol. The highest BCUT2D eigenvalue weighted by atomic mass is 35.5. The van der Waals surface area contributed by atoms with Crippen LogP contribution in [0.4, 0.5) is 0 Å². The predicted molar refractivity (Wildman–Crippen MR) is 88.9 cm³/mol. The van der Waals surface area contributed by atoms with Gasteiger partial charge in [0.2, 0.25) is 0 Å². The topological polar surface area (TPSA) is 31.2 Å². The summed E-state index contributed by atoms with van der Waals surface area (Å²) in [7, 11) is 0. The second-order valence-electron chi connectivity index (χ2n) is 5.09. The van der Waals surface area contributed by atoms with Crippen LogP contribution in [0.1, 0.15) is 17.3 Å². The van der Waals surface area contributed by atoms with E-state index in [9.17, 15) is 4.79 Å². The molecule has 0 fully saturated rings. The molecule has 2 aromatic carbocycles. The first-order valence-electron chi connectivity index (χ1n) is 7.13. The van der Waals surface area contributed by atoms with Crippen LogP contribution in [0.5, 0.6) is 5.75 Å². The van der Waals surface area contributed by atoms with E-state index in [0.29, 0.717) is 23.9 Å². The lowest BCUT2D eigenvalue weighted by Crippen LogP contribution is -2.07. The number of rotatable bonds is 5. The molecule has 4 heteroatoms. The fraction of sp³-hybridized carbons (Fsp3) is 0.167. The molecule has 1 aromatic heterocycles. The lowest BCUT2D eigenvalue weighted by atomic mass is 10.1. The van der Waals surface area contributed by atoms with Crippen LogP contribution in [0.25, 0.3) is 10.9 Å². The van der Waals surface area contributed by atoms with Crippen molar-refractivity contribution in [3.05, 3.63) is 65.3 Å². The minimum Gasteiger partial charge on any atom is -0.490 e. The summed E-state index contributed by atoms with van der Waals surface area (Å²) in [6.45, 7) is 2.73. The van der Waals surface area contributed by atoms with Gasteiger partial charge in [-0.3, -0.25) is 4.79 Å². The highest BCUT2D eigenvalue weighted by Gasteiger charge is 2.11. The molecule has 0 aliphatic heterocycles. The summed E-state index contributed by atoms with van der Waals surface area (Å²) in [5.74, 6) is 0.745. The third-order valence-electron chi connectivity index (χ3n) is 3.59. The maximum absolute atomic E-state index is 11.8. The number of carbonyl (C=O) groups is 1. The normalized spacial score (nSPS) is 10.8. The Morgan fingerprint density at radius 3 is 2.64 bits per heavy atom. The Hall–Kier alpha value is -2.26. The zero-order valence-electron chi connectivity index (χ0n) is 12.3. The van der Waals surface area contributed by atoms with Crippen molar-refractivity contribution >= 4 is 28.3 Å². The number of carbonyl (C=O) groups excluding carboxylic acids is 1. The monoisotopic (exact) mass is 313 g/mol. The average Bonchev–Trinajstić information content (AvgIpc) is 2.89. The average molecular weight is 314 g/mol. The van der Waals surface area contributed by atoms with Crippen LogP contribution in [0.2, 0.25) is 5.02 Å². The first kappa shape index (κ1) is 14.7. The molecular formula is C18H16ClNO2. The zero-order valence-corrected chi connectivity index (χ0v) is 13.0. The molecule has 0 bridgehead atoms. The second-order valence-corrected chi connectivity index (χ2v) is 5.50. The number of halogens is 1. The molecule has 3 nitrogen and oxygen atoms in total. The van der Waals surface area contributed by atoms with E-state index in [1.54, 1.807) is 13.0 Å². The lowest BCUT2D eigenvalue weighted by Gasteiger charge is -2.09. The van der Waals surface area contributed by atoms with Gasteiger partial charge in [0, 0.05) is 22.7 Å². The number of hydrogen-bond acceptors (Lipinski definition) is 2. The van der Waals surface area contributed by atoms with Crippen LogP contribution in [0.3, 0.4) is 0 Å². The number of fused-ring (bicyclic) bond motifs is 1. The SMILES string of the molecule is CC(=O)c1cn(CCOc2ccccc2Cl)c2ccccc12. The number of ketones is 1. The Morgan fingerprint density at radius 2 is 1.86 bits per heavy atom. The van der Waals surface area contributed by atoms with Gasteiger partial charge in [-0.2, -0.15) is 0 Å². The first-order valence-corrected chi connectivity index (χ1v) is 7.51. The molecule has 3 rings (SSSR count). The smallest absolute Gasteiger partial charge is 0.161 e. The number of hydrogen-bond donors (Lipinski definition) is 0.